The number of hydrogen-bond donors (Lipinski definition) is 1. The highest BCUT2D eigenvalue weighted by molar-refractivity contribution is 7.92. The molecule has 0 atom stereocenters. The molecular weight excluding hydrogens is 475 g/mol. The van der Waals surface area contributed by atoms with E-state index in [0.29, 0.717) is 13.1 Å². The molecule has 1 fully saturated rings. The zero-order valence-corrected chi connectivity index (χ0v) is 19.1. The SMILES string of the molecule is Cn1c(=O)n(CC(=O)N2CCCC2)c(=O)c2cc(S(=O)(=O)Nc3ccc(Cl)cc3F)ccc21. The molecule has 1 amide bonds. The summed E-state index contributed by atoms with van der Waals surface area (Å²) in [5, 5.41) is 0.0388. The Bertz CT molecular complexity index is 1490. The molecule has 12 heteroatoms. The van der Waals surface area contributed by atoms with Crippen LogP contribution in [0.5, 0.6) is 0 Å². The van der Waals surface area contributed by atoms with Crippen molar-refractivity contribution in [3.8, 4) is 0 Å². The highest BCUT2D eigenvalue weighted by Crippen LogP contribution is 2.23. The molecule has 9 nitrogen and oxygen atoms in total. The highest BCUT2D eigenvalue weighted by atomic mass is 35.5. The summed E-state index contributed by atoms with van der Waals surface area (Å²) in [5.41, 5.74) is -1.58. The topological polar surface area (TPSA) is 110 Å². The summed E-state index contributed by atoms with van der Waals surface area (Å²) in [4.78, 5) is 39.6. The molecule has 1 aromatic heterocycles. The number of halogens is 2. The number of nitrogens with zero attached hydrogens (tertiary/aromatic N) is 3. The van der Waals surface area contributed by atoms with Crippen LogP contribution in [-0.2, 0) is 28.4 Å². The fourth-order valence-corrected chi connectivity index (χ4v) is 5.03. The Balaban J connectivity index is 1.76. The number of amides is 1. The molecule has 174 valence electrons. The predicted molar refractivity (Wildman–Crippen MR) is 121 cm³/mol. The van der Waals surface area contributed by atoms with Crippen molar-refractivity contribution in [3.05, 3.63) is 68.1 Å². The third kappa shape index (κ3) is 4.38. The van der Waals surface area contributed by atoms with Gasteiger partial charge in [0.2, 0.25) is 5.91 Å². The molecule has 2 aromatic carbocycles. The lowest BCUT2D eigenvalue weighted by Crippen LogP contribution is -2.43. The Kier molecular flexibility index (Phi) is 6.02. The van der Waals surface area contributed by atoms with E-state index in [4.69, 9.17) is 11.6 Å². The van der Waals surface area contributed by atoms with Gasteiger partial charge in [-0.2, -0.15) is 0 Å². The van der Waals surface area contributed by atoms with Crippen LogP contribution in [-0.4, -0.2) is 41.4 Å². The Morgan fingerprint density at radius 2 is 1.82 bits per heavy atom. The first-order chi connectivity index (χ1) is 15.6. The second kappa shape index (κ2) is 8.64. The molecule has 1 aliphatic heterocycles. The van der Waals surface area contributed by atoms with E-state index in [-0.39, 0.29) is 32.4 Å². The van der Waals surface area contributed by atoms with Gasteiger partial charge in [-0.1, -0.05) is 11.6 Å². The standard InChI is InChI=1S/C21H20ClFN4O5S/c1-25-18-7-5-14(33(31,32)24-17-6-4-13(22)10-16(17)23)11-15(18)20(29)27(21(25)30)12-19(28)26-8-2-3-9-26/h4-7,10-11,24H,2-3,8-9,12H2,1H3. The van der Waals surface area contributed by atoms with Gasteiger partial charge in [-0.3, -0.25) is 23.4 Å². The van der Waals surface area contributed by atoms with Crippen molar-refractivity contribution in [3.63, 3.8) is 0 Å². The maximum atomic E-state index is 14.1. The van der Waals surface area contributed by atoms with Gasteiger partial charge >= 0.3 is 5.69 Å². The Morgan fingerprint density at radius 1 is 1.12 bits per heavy atom. The van der Waals surface area contributed by atoms with Crippen LogP contribution in [0.2, 0.25) is 5.02 Å². The zero-order chi connectivity index (χ0) is 23.9. The molecule has 0 spiro atoms. The van der Waals surface area contributed by atoms with Crippen molar-refractivity contribution in [1.29, 1.82) is 0 Å². The molecule has 4 rings (SSSR count). The predicted octanol–water partition coefficient (Wildman–Crippen LogP) is 1.92. The van der Waals surface area contributed by atoms with Crippen molar-refractivity contribution >= 4 is 44.1 Å². The van der Waals surface area contributed by atoms with Crippen LogP contribution in [0.1, 0.15) is 12.8 Å². The van der Waals surface area contributed by atoms with Crippen LogP contribution in [0.25, 0.3) is 10.9 Å². The van der Waals surface area contributed by atoms with E-state index in [0.717, 1.165) is 29.5 Å². The number of aromatic nitrogens is 2. The van der Waals surface area contributed by atoms with Crippen molar-refractivity contribution in [2.45, 2.75) is 24.3 Å². The van der Waals surface area contributed by atoms with Crippen molar-refractivity contribution in [2.75, 3.05) is 17.8 Å². The van der Waals surface area contributed by atoms with E-state index in [2.05, 4.69) is 4.72 Å². The van der Waals surface area contributed by atoms with Crippen LogP contribution in [0, 0.1) is 5.82 Å². The lowest BCUT2D eigenvalue weighted by Gasteiger charge is -2.17. The van der Waals surface area contributed by atoms with Crippen molar-refractivity contribution in [1.82, 2.24) is 14.0 Å². The second-order valence-electron chi connectivity index (χ2n) is 7.73. The number of likely N-dealkylation sites (tertiary alicyclic amines) is 1. The summed E-state index contributed by atoms with van der Waals surface area (Å²) in [5.74, 6) is -1.22. The molecule has 33 heavy (non-hydrogen) atoms. The average molecular weight is 495 g/mol. The monoisotopic (exact) mass is 494 g/mol. The molecule has 1 aliphatic rings. The molecule has 0 unspecified atom stereocenters. The van der Waals surface area contributed by atoms with E-state index in [9.17, 15) is 27.2 Å². The third-order valence-electron chi connectivity index (χ3n) is 5.56. The van der Waals surface area contributed by atoms with Gasteiger partial charge in [-0.25, -0.2) is 17.6 Å². The Labute approximate surface area is 193 Å². The van der Waals surface area contributed by atoms with E-state index >= 15 is 0 Å². The number of carbonyl (C=O) groups is 1. The first kappa shape index (κ1) is 23.0. The number of carbonyl (C=O) groups excluding carboxylic acids is 1. The minimum Gasteiger partial charge on any atom is -0.341 e. The van der Waals surface area contributed by atoms with Crippen LogP contribution >= 0.6 is 11.6 Å². The number of benzene rings is 2. The minimum absolute atomic E-state index is 0.0641. The zero-order valence-electron chi connectivity index (χ0n) is 17.5. The van der Waals surface area contributed by atoms with E-state index in [1.54, 1.807) is 4.90 Å². The van der Waals surface area contributed by atoms with Crippen molar-refractivity contribution in [2.24, 2.45) is 7.05 Å². The smallest absolute Gasteiger partial charge is 0.331 e. The number of rotatable bonds is 5. The van der Waals surface area contributed by atoms with Gasteiger partial charge in [0, 0.05) is 25.2 Å². The van der Waals surface area contributed by atoms with Crippen LogP contribution in [0.4, 0.5) is 10.1 Å². The van der Waals surface area contributed by atoms with Gasteiger partial charge in [0.15, 0.2) is 0 Å². The minimum atomic E-state index is -4.27. The van der Waals surface area contributed by atoms with Crippen LogP contribution in [0.15, 0.2) is 50.9 Å². The third-order valence-corrected chi connectivity index (χ3v) is 7.16. The van der Waals surface area contributed by atoms with Gasteiger partial charge in [0.05, 0.1) is 21.5 Å². The molecule has 1 N–H and O–H groups in total. The van der Waals surface area contributed by atoms with Gasteiger partial charge in [0.25, 0.3) is 15.6 Å². The number of hydrogen-bond acceptors (Lipinski definition) is 5. The molecular formula is C21H20ClFN4O5S. The number of anilines is 1. The maximum Gasteiger partial charge on any atom is 0.331 e. The van der Waals surface area contributed by atoms with Crippen LogP contribution in [0.3, 0.4) is 0 Å². The molecule has 1 saturated heterocycles. The van der Waals surface area contributed by atoms with E-state index in [1.807, 2.05) is 0 Å². The number of sulfonamides is 1. The number of nitrogens with one attached hydrogen (secondary N) is 1. The lowest BCUT2D eigenvalue weighted by atomic mass is 10.2. The number of aryl methyl sites for hydroxylation is 1. The van der Waals surface area contributed by atoms with Gasteiger partial charge in [-0.15, -0.1) is 0 Å². The maximum absolute atomic E-state index is 14.1. The molecule has 3 aromatic rings. The van der Waals surface area contributed by atoms with E-state index in [1.165, 1.54) is 35.9 Å². The second-order valence-corrected chi connectivity index (χ2v) is 9.85. The summed E-state index contributed by atoms with van der Waals surface area (Å²) in [6.07, 6.45) is 1.72. The molecule has 0 aliphatic carbocycles. The first-order valence-electron chi connectivity index (χ1n) is 10.1. The fraction of sp³-hybridized carbons (Fsp3) is 0.286. The summed E-state index contributed by atoms with van der Waals surface area (Å²) >= 11 is 5.70. The Hall–Kier alpha value is -3.18. The normalized spacial score (nSPS) is 14.1. The summed E-state index contributed by atoms with van der Waals surface area (Å²) < 4.78 is 43.8. The molecule has 0 saturated carbocycles. The molecule has 0 radical (unpaired) electrons. The summed E-state index contributed by atoms with van der Waals surface area (Å²) in [6.45, 7) is 0.695. The highest BCUT2D eigenvalue weighted by Gasteiger charge is 2.23. The first-order valence-corrected chi connectivity index (χ1v) is 11.9. The fourth-order valence-electron chi connectivity index (χ4n) is 3.78. The molecule has 0 bridgehead atoms. The van der Waals surface area contributed by atoms with Gasteiger partial charge < -0.3 is 4.90 Å². The Morgan fingerprint density at radius 3 is 2.48 bits per heavy atom. The van der Waals surface area contributed by atoms with Crippen molar-refractivity contribution < 1.29 is 17.6 Å². The van der Waals surface area contributed by atoms with Gasteiger partial charge in [0.1, 0.15) is 12.4 Å². The largest absolute Gasteiger partial charge is 0.341 e. The lowest BCUT2D eigenvalue weighted by molar-refractivity contribution is -0.130. The van der Waals surface area contributed by atoms with E-state index < -0.39 is 33.6 Å². The van der Waals surface area contributed by atoms with Crippen LogP contribution < -0.4 is 16.0 Å². The number of fused-ring (bicyclic) bond motifs is 1. The quantitative estimate of drug-likeness (QED) is 0.582. The summed E-state index contributed by atoms with van der Waals surface area (Å²) in [7, 11) is -2.85. The summed E-state index contributed by atoms with van der Waals surface area (Å²) in [6, 6.07) is 7.09. The molecule has 2 heterocycles. The average Bonchev–Trinajstić information content (AvgIpc) is 3.32. The van der Waals surface area contributed by atoms with Gasteiger partial charge in [-0.05, 0) is 49.2 Å².